The van der Waals surface area contributed by atoms with E-state index in [1.54, 1.807) is 0 Å². The topological polar surface area (TPSA) is 207 Å². The lowest BCUT2D eigenvalue weighted by molar-refractivity contribution is 0.254. The molecule has 1 N–H and O–H groups in total. The molecule has 12 bridgehead atoms. The highest BCUT2D eigenvalue weighted by molar-refractivity contribution is 6.87. The van der Waals surface area contributed by atoms with Gasteiger partial charge in [0.2, 0.25) is 0 Å². The second-order valence-electron chi connectivity index (χ2n) is 31.0. The van der Waals surface area contributed by atoms with Crippen LogP contribution in [0.15, 0.2) is 254 Å². The average molecular weight is 1530 g/mol. The first-order valence-corrected chi connectivity index (χ1v) is 46.9. The molecule has 12 heterocycles. The number of hydrogen-bond donors (Lipinski definition) is 1. The van der Waals surface area contributed by atoms with Crippen molar-refractivity contribution >= 4 is 139 Å². The van der Waals surface area contributed by atoms with E-state index in [1.165, 1.54) is 83.5 Å². The number of amidine groups is 8. The Hall–Kier alpha value is -11.0. The first-order chi connectivity index (χ1) is 55.2. The second-order valence-corrected chi connectivity index (χ2v) is 40.5. The number of aliphatic imine (C=N–C) groups is 8. The molecule has 0 saturated carbocycles. The maximum Gasteiger partial charge on any atom is 0.594 e. The molecule has 19 nitrogen and oxygen atoms in total. The van der Waals surface area contributed by atoms with E-state index >= 15 is 4.80 Å². The van der Waals surface area contributed by atoms with Crippen molar-refractivity contribution < 1.29 is 13.0 Å². The molecule has 0 radical (unpaired) electrons. The van der Waals surface area contributed by atoms with Gasteiger partial charge >= 0.3 is 17.8 Å². The summed E-state index contributed by atoms with van der Waals surface area (Å²) in [6, 6.07) is 68.1. The van der Waals surface area contributed by atoms with E-state index in [4.69, 9.17) is 59.9 Å². The van der Waals surface area contributed by atoms with Crippen LogP contribution >= 0.6 is 0 Å². The first-order valence-electron chi connectivity index (χ1n) is 40.9. The summed E-state index contributed by atoms with van der Waals surface area (Å²) in [6.07, 6.45) is 23.8. The number of fused-ring (bicyclic) bond motifs is 28. The van der Waals surface area contributed by atoms with E-state index in [1.807, 2.05) is 106 Å². The summed E-state index contributed by atoms with van der Waals surface area (Å²) in [4.78, 5) is 86.8. The van der Waals surface area contributed by atoms with Crippen LogP contribution in [-0.4, -0.2) is 94.5 Å². The van der Waals surface area contributed by atoms with Gasteiger partial charge in [0, 0.05) is 87.6 Å². The van der Waals surface area contributed by atoms with Crippen LogP contribution in [0.5, 0.6) is 0 Å². The van der Waals surface area contributed by atoms with Crippen molar-refractivity contribution in [3.8, 4) is 0 Å². The summed E-state index contributed by atoms with van der Waals surface area (Å²) in [6.45, 7) is 6.89. The van der Waals surface area contributed by atoms with Gasteiger partial charge in [0.05, 0.1) is 0 Å². The Morgan fingerprint density at radius 3 is 0.804 bits per heavy atom. The van der Waals surface area contributed by atoms with Gasteiger partial charge in [-0.05, 0) is 18.1 Å². The lowest BCUT2D eigenvalue weighted by atomic mass is 10.0. The summed E-state index contributed by atoms with van der Waals surface area (Å²) in [7, 11) is -14.8. The fraction of sp³-hybridized carbons (Fsp3) is 0.289. The molecule has 0 aliphatic carbocycles. The molecule has 8 aromatic carbocycles. The Morgan fingerprint density at radius 2 is 0.500 bits per heavy atom. The van der Waals surface area contributed by atoms with Gasteiger partial charge in [0.15, 0.2) is 55.0 Å². The van der Waals surface area contributed by atoms with E-state index in [0.29, 0.717) is 113 Å². The Labute approximate surface area is 652 Å². The number of unbranched alkanes of at least 4 members (excludes halogenated alkanes) is 17. The monoisotopic (exact) mass is 1520 g/mol. The number of nitrogens with zero attached hydrogens (tertiary/aromatic N) is 16. The lowest BCUT2D eigenvalue weighted by Crippen LogP contribution is -2.76. The molecular formula is C90H88N16O3Si3. The molecule has 112 heavy (non-hydrogen) atoms. The summed E-state index contributed by atoms with van der Waals surface area (Å²) in [5, 5.41) is 5.78. The quantitative estimate of drug-likeness (QED) is 0.0394. The predicted molar refractivity (Wildman–Crippen MR) is 456 cm³/mol. The number of benzene rings is 8. The zero-order valence-corrected chi connectivity index (χ0v) is 66.7. The van der Waals surface area contributed by atoms with Crippen molar-refractivity contribution in [3.05, 3.63) is 261 Å². The van der Waals surface area contributed by atoms with Gasteiger partial charge < -0.3 is 13.0 Å². The fourth-order valence-corrected chi connectivity index (χ4v) is 33.4. The highest BCUT2D eigenvalue weighted by atomic mass is 28.5. The zero-order valence-electron chi connectivity index (χ0n) is 63.7. The zero-order chi connectivity index (χ0) is 75.1. The molecule has 0 fully saturated rings. The van der Waals surface area contributed by atoms with Crippen LogP contribution in [0.2, 0.25) is 18.1 Å². The van der Waals surface area contributed by atoms with E-state index < -0.39 is 26.1 Å². The molecule has 22 heteroatoms. The second kappa shape index (κ2) is 29.0. The Morgan fingerprint density at radius 1 is 0.259 bits per heavy atom. The van der Waals surface area contributed by atoms with Gasteiger partial charge in [-0.25, -0.2) is 59.9 Å². The third-order valence-corrected chi connectivity index (χ3v) is 36.5. The van der Waals surface area contributed by atoms with Crippen molar-refractivity contribution in [1.29, 1.82) is 0 Å². The first kappa shape index (κ1) is 70.1. The van der Waals surface area contributed by atoms with Crippen LogP contribution in [0, 0.1) is 0 Å². The number of aromatic nitrogens is 4. The normalized spacial score (nSPS) is 17.7. The SMILES string of the molecule is CCCCCCCCCCCCCCCCCC[Si](CCCC)(CCCC)O[Si]1(O[Si]2(O)n3c4c5ccccc5c3N=C3N=C(N=c5c6ccccc6c(n52)=NC2=NC(=N4)c4ccccc42)c2ccccc23)n2c3c4ccccc4c2N=C2N=C(N=c4c5ccccc5c(n41)=NC1=NC(=N3)c3ccccc31)c1ccccc12. The van der Waals surface area contributed by atoms with Crippen LogP contribution in [0.4, 0.5) is 23.3 Å². The van der Waals surface area contributed by atoms with Crippen molar-refractivity contribution in [2.24, 2.45) is 59.9 Å². The standard InChI is InChI=1S/C90H88N16O3Si3/c1-4-7-10-11-12-13-14-15-16-17-18-19-20-21-22-39-58-110(56-8-5-2,57-9-6-3)108-112(105-87-71-52-35-36-53-72(71)89(105)101-81-65-46-29-30-47-66(65)82(94-81)102-90-74-55-38-37-54-73(74)88(106(90)112)100-80-64-45-28-27-44-63(64)79(93-80)99-87)109-111(107)103-83-67-48-31-32-49-68(67)85(103)97-77-61-42-25-26-43-62(61)78(92-77)98-86-70-51-34-33-50-69(70)84(104(86)111)96-76-60-41-24-23-40-59(60)75(91-76)95-83/h23-38,40-55,107H,4-22,39,56-58H2,1-3H3. The van der Waals surface area contributed by atoms with Crippen molar-refractivity contribution in [1.82, 2.24) is 16.9 Å². The minimum absolute atomic E-state index is 0.349. The highest BCUT2D eigenvalue weighted by Crippen LogP contribution is 2.49. The van der Waals surface area contributed by atoms with Crippen molar-refractivity contribution in [3.63, 3.8) is 0 Å². The van der Waals surface area contributed by atoms with Crippen molar-refractivity contribution in [2.75, 3.05) is 0 Å². The van der Waals surface area contributed by atoms with Gasteiger partial charge in [0.1, 0.15) is 45.2 Å². The van der Waals surface area contributed by atoms with Gasteiger partial charge in [-0.3, -0.25) is 16.9 Å². The van der Waals surface area contributed by atoms with E-state index in [2.05, 4.69) is 126 Å². The van der Waals surface area contributed by atoms with Gasteiger partial charge in [0.25, 0.3) is 0 Å². The lowest BCUT2D eigenvalue weighted by Gasteiger charge is -2.45. The minimum Gasteiger partial charge on any atom is -0.403 e. The number of rotatable bonds is 27. The third-order valence-electron chi connectivity index (χ3n) is 23.7. The van der Waals surface area contributed by atoms with Crippen LogP contribution in [0.1, 0.15) is 194 Å². The van der Waals surface area contributed by atoms with Crippen molar-refractivity contribution in [2.45, 2.75) is 167 Å². The molecule has 12 aromatic rings. The van der Waals surface area contributed by atoms with Crippen LogP contribution in [0.25, 0.3) is 43.1 Å². The molecule has 0 spiro atoms. The molecule has 0 amide bonds. The van der Waals surface area contributed by atoms with Crippen LogP contribution < -0.4 is 22.0 Å². The largest absolute Gasteiger partial charge is 0.594 e. The van der Waals surface area contributed by atoms with E-state index in [9.17, 15) is 8.23 Å². The maximum absolute atomic E-state index is 17.2. The van der Waals surface area contributed by atoms with Gasteiger partial charge in [-0.1, -0.05) is 343 Å². The molecule has 558 valence electrons. The molecule has 2 atom stereocenters. The van der Waals surface area contributed by atoms with Gasteiger partial charge in [-0.15, -0.1) is 0 Å². The summed E-state index contributed by atoms with van der Waals surface area (Å²) in [5.74, 6) is 5.10. The summed E-state index contributed by atoms with van der Waals surface area (Å²) < 4.78 is 27.4. The van der Waals surface area contributed by atoms with Gasteiger partial charge in [-0.2, -0.15) is 0 Å². The average Bonchev–Trinajstić information content (AvgIpc) is 1.50. The smallest absolute Gasteiger partial charge is 0.403 e. The fourth-order valence-electron chi connectivity index (χ4n) is 18.2. The van der Waals surface area contributed by atoms with E-state index in [0.717, 1.165) is 129 Å². The molecular weight excluding hydrogens is 1440 g/mol. The maximum atomic E-state index is 17.2. The third kappa shape index (κ3) is 11.6. The van der Waals surface area contributed by atoms with Crippen LogP contribution in [0.3, 0.4) is 0 Å². The molecule has 20 rings (SSSR count). The minimum atomic E-state index is -5.79. The predicted octanol–water partition coefficient (Wildman–Crippen LogP) is 18.6. The van der Waals surface area contributed by atoms with Crippen LogP contribution in [-0.2, 0) is 8.23 Å². The number of hydrogen-bond acceptors (Lipinski definition) is 15. The molecule has 2 unspecified atom stereocenters. The Bertz CT molecular complexity index is 6110. The summed E-state index contributed by atoms with van der Waals surface area (Å²) >= 11 is 0. The Balaban J connectivity index is 0.918. The van der Waals surface area contributed by atoms with E-state index in [-0.39, 0.29) is 0 Å². The highest BCUT2D eigenvalue weighted by Gasteiger charge is 2.65. The Kier molecular flexibility index (Phi) is 18.1. The molecule has 4 aromatic heterocycles. The molecule has 0 saturated heterocycles. The molecule has 8 aliphatic heterocycles. The summed E-state index contributed by atoms with van der Waals surface area (Å²) in [5.41, 5.74) is 7.99. The molecule has 8 aliphatic rings.